The lowest BCUT2D eigenvalue weighted by atomic mass is 10.1. The molecule has 0 bridgehead atoms. The SMILES string of the molecule is Cc1cc(CCOc2ccc3cccc(N4CCN(C)CC4)c3c2)cc(C)n1. The number of aromatic nitrogens is 1. The summed E-state index contributed by atoms with van der Waals surface area (Å²) in [5.41, 5.74) is 4.73. The maximum atomic E-state index is 6.11. The third-order valence-corrected chi connectivity index (χ3v) is 5.48. The second kappa shape index (κ2) is 8.19. The Hall–Kier alpha value is -2.59. The number of ether oxygens (including phenoxy) is 1. The summed E-state index contributed by atoms with van der Waals surface area (Å²) in [5, 5.41) is 2.55. The van der Waals surface area contributed by atoms with E-state index in [9.17, 15) is 0 Å². The van der Waals surface area contributed by atoms with Crippen LogP contribution in [0, 0.1) is 13.8 Å². The summed E-state index contributed by atoms with van der Waals surface area (Å²) in [6, 6.07) is 17.3. The van der Waals surface area contributed by atoms with Gasteiger partial charge in [-0.2, -0.15) is 0 Å². The van der Waals surface area contributed by atoms with E-state index in [1.165, 1.54) is 22.0 Å². The van der Waals surface area contributed by atoms with Crippen molar-refractivity contribution in [1.29, 1.82) is 0 Å². The third-order valence-electron chi connectivity index (χ3n) is 5.48. The summed E-state index contributed by atoms with van der Waals surface area (Å²) >= 11 is 0. The summed E-state index contributed by atoms with van der Waals surface area (Å²) < 4.78 is 6.11. The van der Waals surface area contributed by atoms with Gasteiger partial charge in [0.1, 0.15) is 5.75 Å². The van der Waals surface area contributed by atoms with Crippen LogP contribution in [0.5, 0.6) is 5.75 Å². The van der Waals surface area contributed by atoms with E-state index in [0.29, 0.717) is 6.61 Å². The van der Waals surface area contributed by atoms with E-state index >= 15 is 0 Å². The predicted octanol–water partition coefficient (Wildman–Crippen LogP) is 4.22. The van der Waals surface area contributed by atoms with Gasteiger partial charge >= 0.3 is 0 Å². The molecule has 2 heterocycles. The minimum Gasteiger partial charge on any atom is -0.493 e. The molecule has 0 radical (unpaired) electrons. The molecule has 2 aromatic carbocycles. The fourth-order valence-corrected chi connectivity index (χ4v) is 4.00. The van der Waals surface area contributed by atoms with Gasteiger partial charge in [-0.15, -0.1) is 0 Å². The van der Waals surface area contributed by atoms with Crippen LogP contribution in [0.1, 0.15) is 17.0 Å². The van der Waals surface area contributed by atoms with Crippen LogP contribution in [-0.4, -0.2) is 49.7 Å². The van der Waals surface area contributed by atoms with E-state index in [-0.39, 0.29) is 0 Å². The fraction of sp³-hybridized carbons (Fsp3) is 0.375. The highest BCUT2D eigenvalue weighted by Crippen LogP contribution is 2.30. The number of benzene rings is 2. The predicted molar refractivity (Wildman–Crippen MR) is 117 cm³/mol. The number of hydrogen-bond donors (Lipinski definition) is 0. The third kappa shape index (κ3) is 4.28. The molecule has 0 aliphatic carbocycles. The number of hydrogen-bond acceptors (Lipinski definition) is 4. The Morgan fingerprint density at radius 3 is 2.43 bits per heavy atom. The molecule has 0 saturated carbocycles. The number of fused-ring (bicyclic) bond motifs is 1. The monoisotopic (exact) mass is 375 g/mol. The molecule has 4 rings (SSSR count). The first kappa shape index (κ1) is 18.8. The quantitative estimate of drug-likeness (QED) is 0.667. The van der Waals surface area contributed by atoms with E-state index in [1.54, 1.807) is 0 Å². The molecule has 0 spiro atoms. The van der Waals surface area contributed by atoms with Crippen molar-refractivity contribution in [2.45, 2.75) is 20.3 Å². The molecule has 1 aliphatic heterocycles. The van der Waals surface area contributed by atoms with Crippen LogP contribution in [-0.2, 0) is 6.42 Å². The maximum Gasteiger partial charge on any atom is 0.120 e. The lowest BCUT2D eigenvalue weighted by Gasteiger charge is -2.34. The molecule has 0 atom stereocenters. The van der Waals surface area contributed by atoms with Crippen LogP contribution in [0.4, 0.5) is 5.69 Å². The van der Waals surface area contributed by atoms with E-state index < -0.39 is 0 Å². The smallest absolute Gasteiger partial charge is 0.120 e. The molecular formula is C24H29N3O. The molecule has 4 nitrogen and oxygen atoms in total. The zero-order valence-corrected chi connectivity index (χ0v) is 17.1. The number of aryl methyl sites for hydroxylation is 2. The molecular weight excluding hydrogens is 346 g/mol. The number of pyridine rings is 1. The van der Waals surface area contributed by atoms with Gasteiger partial charge in [0.15, 0.2) is 0 Å². The van der Waals surface area contributed by atoms with Crippen molar-refractivity contribution in [3.63, 3.8) is 0 Å². The normalized spacial score (nSPS) is 15.2. The van der Waals surface area contributed by atoms with Crippen LogP contribution in [0.25, 0.3) is 10.8 Å². The molecule has 4 heteroatoms. The van der Waals surface area contributed by atoms with Gasteiger partial charge in [-0.1, -0.05) is 18.2 Å². The highest BCUT2D eigenvalue weighted by molar-refractivity contribution is 5.95. The summed E-state index contributed by atoms with van der Waals surface area (Å²) in [4.78, 5) is 9.33. The van der Waals surface area contributed by atoms with E-state index in [2.05, 4.69) is 70.4 Å². The Morgan fingerprint density at radius 1 is 0.929 bits per heavy atom. The first-order valence-electron chi connectivity index (χ1n) is 10.1. The molecule has 1 fully saturated rings. The molecule has 0 N–H and O–H groups in total. The van der Waals surface area contributed by atoms with Crippen LogP contribution in [0.2, 0.25) is 0 Å². The van der Waals surface area contributed by atoms with Crippen molar-refractivity contribution in [2.75, 3.05) is 44.7 Å². The van der Waals surface area contributed by atoms with Crippen LogP contribution in [0.15, 0.2) is 48.5 Å². The van der Waals surface area contributed by atoms with Gasteiger partial charge in [-0.25, -0.2) is 0 Å². The van der Waals surface area contributed by atoms with Gasteiger partial charge in [-0.05, 0) is 62.2 Å². The average Bonchev–Trinajstić information content (AvgIpc) is 2.67. The summed E-state index contributed by atoms with van der Waals surface area (Å²) in [6.07, 6.45) is 0.891. The van der Waals surface area contributed by atoms with Crippen molar-refractivity contribution in [2.24, 2.45) is 0 Å². The van der Waals surface area contributed by atoms with Gasteiger partial charge in [0.25, 0.3) is 0 Å². The van der Waals surface area contributed by atoms with Crippen molar-refractivity contribution in [3.05, 3.63) is 65.5 Å². The van der Waals surface area contributed by atoms with Gasteiger partial charge < -0.3 is 14.5 Å². The molecule has 28 heavy (non-hydrogen) atoms. The number of anilines is 1. The van der Waals surface area contributed by atoms with Crippen molar-refractivity contribution in [3.8, 4) is 5.75 Å². The van der Waals surface area contributed by atoms with Crippen LogP contribution < -0.4 is 9.64 Å². The van der Waals surface area contributed by atoms with Crippen molar-refractivity contribution < 1.29 is 4.74 Å². The molecule has 3 aromatic rings. The lowest BCUT2D eigenvalue weighted by Crippen LogP contribution is -2.44. The fourth-order valence-electron chi connectivity index (χ4n) is 4.00. The molecule has 1 saturated heterocycles. The number of likely N-dealkylation sites (N-methyl/N-ethyl adjacent to an activating group) is 1. The standard InChI is InChI=1S/C24H29N3O/c1-18-15-20(16-19(2)25-18)9-14-28-22-8-7-21-5-4-6-24(23(21)17-22)27-12-10-26(3)11-13-27/h4-8,15-17H,9-14H2,1-3H3. The van der Waals surface area contributed by atoms with E-state index in [1.807, 2.05) is 13.8 Å². The molecule has 0 unspecified atom stereocenters. The summed E-state index contributed by atoms with van der Waals surface area (Å²) in [5.74, 6) is 0.941. The highest BCUT2D eigenvalue weighted by atomic mass is 16.5. The van der Waals surface area contributed by atoms with Crippen molar-refractivity contribution >= 4 is 16.5 Å². The zero-order chi connectivity index (χ0) is 19.5. The Kier molecular flexibility index (Phi) is 5.49. The Balaban J connectivity index is 1.49. The van der Waals surface area contributed by atoms with Crippen LogP contribution in [0.3, 0.4) is 0 Å². The van der Waals surface area contributed by atoms with Crippen LogP contribution >= 0.6 is 0 Å². The Bertz CT molecular complexity index is 941. The second-order valence-electron chi connectivity index (χ2n) is 7.81. The number of nitrogens with zero attached hydrogens (tertiary/aromatic N) is 3. The maximum absolute atomic E-state index is 6.11. The minimum atomic E-state index is 0.672. The number of piperazine rings is 1. The summed E-state index contributed by atoms with van der Waals surface area (Å²) in [6.45, 7) is 9.11. The molecule has 1 aliphatic rings. The van der Waals surface area contributed by atoms with Gasteiger partial charge in [0, 0.05) is 55.1 Å². The topological polar surface area (TPSA) is 28.6 Å². The Labute approximate surface area is 167 Å². The second-order valence-corrected chi connectivity index (χ2v) is 7.81. The average molecular weight is 376 g/mol. The largest absolute Gasteiger partial charge is 0.493 e. The van der Waals surface area contributed by atoms with Gasteiger partial charge in [0.2, 0.25) is 0 Å². The minimum absolute atomic E-state index is 0.672. The molecule has 1 aromatic heterocycles. The zero-order valence-electron chi connectivity index (χ0n) is 17.1. The lowest BCUT2D eigenvalue weighted by molar-refractivity contribution is 0.313. The molecule has 146 valence electrons. The highest BCUT2D eigenvalue weighted by Gasteiger charge is 2.16. The van der Waals surface area contributed by atoms with E-state index in [4.69, 9.17) is 4.74 Å². The van der Waals surface area contributed by atoms with E-state index in [0.717, 1.165) is 49.7 Å². The Morgan fingerprint density at radius 2 is 1.68 bits per heavy atom. The van der Waals surface area contributed by atoms with Gasteiger partial charge in [-0.3, -0.25) is 4.98 Å². The first-order valence-corrected chi connectivity index (χ1v) is 10.1. The first-order chi connectivity index (χ1) is 13.6. The number of rotatable bonds is 5. The molecule has 0 amide bonds. The summed E-state index contributed by atoms with van der Waals surface area (Å²) in [7, 11) is 2.19. The van der Waals surface area contributed by atoms with Gasteiger partial charge in [0.05, 0.1) is 6.61 Å². The van der Waals surface area contributed by atoms with Crippen molar-refractivity contribution in [1.82, 2.24) is 9.88 Å².